The first-order valence-corrected chi connectivity index (χ1v) is 9.55. The summed E-state index contributed by atoms with van der Waals surface area (Å²) in [6.45, 7) is 9.45. The number of hydrogen-bond donors (Lipinski definition) is 1. The summed E-state index contributed by atoms with van der Waals surface area (Å²) in [6, 6.07) is 13.3. The van der Waals surface area contributed by atoms with Gasteiger partial charge in [-0.15, -0.1) is 0 Å². The highest BCUT2D eigenvalue weighted by atomic mass is 19.1. The number of anilines is 2. The number of fused-ring (bicyclic) bond motifs is 1. The van der Waals surface area contributed by atoms with E-state index in [0.29, 0.717) is 5.69 Å². The molecule has 3 rings (SSSR count). The second-order valence-electron chi connectivity index (χ2n) is 7.63. The molecule has 0 aliphatic carbocycles. The van der Waals surface area contributed by atoms with Gasteiger partial charge in [-0.1, -0.05) is 12.1 Å². The minimum Gasteiger partial charge on any atom is -0.363 e. The maximum absolute atomic E-state index is 13.0. The molecular weight excluding hydrogens is 365 g/mol. The number of allylic oxidation sites excluding steroid dienone is 1. The third-order valence-electron chi connectivity index (χ3n) is 5.10. The summed E-state index contributed by atoms with van der Waals surface area (Å²) in [6.07, 6.45) is 3.81. The Morgan fingerprint density at radius 1 is 1.24 bits per heavy atom. The molecule has 2 aromatic rings. The predicted molar refractivity (Wildman–Crippen MR) is 116 cm³/mol. The fraction of sp³-hybridized carbons (Fsp3) is 0.250. The van der Waals surface area contributed by atoms with E-state index in [1.54, 1.807) is 6.08 Å². The first kappa shape index (κ1) is 20.3. The number of carbonyl (C=O) groups excluding carboxylic acids is 1. The summed E-state index contributed by atoms with van der Waals surface area (Å²) in [5.74, 6) is -0.916. The van der Waals surface area contributed by atoms with E-state index < -0.39 is 5.91 Å². The van der Waals surface area contributed by atoms with Gasteiger partial charge in [-0.2, -0.15) is 5.26 Å². The molecule has 0 spiro atoms. The number of carbonyl (C=O) groups is 1. The molecule has 1 heterocycles. The van der Waals surface area contributed by atoms with Crippen molar-refractivity contribution in [2.75, 3.05) is 16.8 Å². The minimum atomic E-state index is -0.527. The summed E-state index contributed by atoms with van der Waals surface area (Å²) in [5, 5.41) is 12.1. The van der Waals surface area contributed by atoms with Crippen molar-refractivity contribution in [1.82, 2.24) is 0 Å². The van der Waals surface area contributed by atoms with Crippen LogP contribution in [0.4, 0.5) is 15.8 Å². The Hall–Kier alpha value is -3.39. The van der Waals surface area contributed by atoms with Crippen molar-refractivity contribution in [1.29, 1.82) is 5.26 Å². The first-order chi connectivity index (χ1) is 13.7. The third-order valence-corrected chi connectivity index (χ3v) is 5.10. The zero-order valence-corrected chi connectivity index (χ0v) is 17.1. The highest BCUT2D eigenvalue weighted by Crippen LogP contribution is 2.39. The number of nitriles is 1. The van der Waals surface area contributed by atoms with Crippen LogP contribution in [0.3, 0.4) is 0 Å². The van der Waals surface area contributed by atoms with Crippen molar-refractivity contribution in [3.05, 3.63) is 71.1 Å². The normalized spacial score (nSPS) is 15.2. The second kappa shape index (κ2) is 7.92. The van der Waals surface area contributed by atoms with Crippen molar-refractivity contribution in [2.24, 2.45) is 0 Å². The van der Waals surface area contributed by atoms with E-state index in [9.17, 15) is 14.4 Å². The van der Waals surface area contributed by atoms with Crippen molar-refractivity contribution >= 4 is 28.9 Å². The number of halogens is 1. The maximum atomic E-state index is 13.0. The van der Waals surface area contributed by atoms with Crippen molar-refractivity contribution in [3.8, 4) is 6.07 Å². The van der Waals surface area contributed by atoms with E-state index in [0.717, 1.165) is 23.4 Å². The van der Waals surface area contributed by atoms with Crippen LogP contribution in [-0.2, 0) is 4.79 Å². The number of benzene rings is 2. The molecule has 0 saturated heterocycles. The average Bonchev–Trinajstić information content (AvgIpc) is 2.67. The van der Waals surface area contributed by atoms with Gasteiger partial charge in [0.15, 0.2) is 0 Å². The lowest BCUT2D eigenvalue weighted by Gasteiger charge is -2.42. The maximum Gasteiger partial charge on any atom is 0.266 e. The van der Waals surface area contributed by atoms with Crippen molar-refractivity contribution in [2.45, 2.75) is 33.2 Å². The molecule has 5 heteroatoms. The summed E-state index contributed by atoms with van der Waals surface area (Å²) in [5.41, 5.74) is 4.52. The van der Waals surface area contributed by atoms with Crippen molar-refractivity contribution in [3.63, 3.8) is 0 Å². The summed E-state index contributed by atoms with van der Waals surface area (Å²) < 4.78 is 13.0. The molecule has 0 atom stereocenters. The Morgan fingerprint density at radius 2 is 1.93 bits per heavy atom. The van der Waals surface area contributed by atoms with Crippen LogP contribution in [0, 0.1) is 17.1 Å². The Balaban J connectivity index is 1.91. The van der Waals surface area contributed by atoms with E-state index in [4.69, 9.17) is 0 Å². The Labute approximate surface area is 171 Å². The lowest BCUT2D eigenvalue weighted by molar-refractivity contribution is -0.112. The average molecular weight is 389 g/mol. The van der Waals surface area contributed by atoms with Crippen molar-refractivity contribution < 1.29 is 9.18 Å². The zero-order valence-electron chi connectivity index (χ0n) is 17.1. The van der Waals surface area contributed by atoms with Crippen LogP contribution < -0.4 is 10.2 Å². The Bertz CT molecular complexity index is 1040. The van der Waals surface area contributed by atoms with Gasteiger partial charge >= 0.3 is 0 Å². The van der Waals surface area contributed by atoms with E-state index in [1.807, 2.05) is 24.3 Å². The molecule has 1 N–H and O–H groups in total. The standard InChI is InChI=1S/C24H24FN3O/c1-5-28-22-11-6-17(13-21(22)16(2)14-24(28,3)4)12-18(15-26)23(29)27-20-9-7-19(25)8-10-20/h6-14H,5H2,1-4H3,(H,27,29)/b18-12+. The van der Waals surface area contributed by atoms with Gasteiger partial charge in [-0.25, -0.2) is 4.39 Å². The molecular formula is C24H24FN3O. The Kier molecular flexibility index (Phi) is 5.56. The van der Waals surface area contributed by atoms with Gasteiger partial charge in [0, 0.05) is 23.5 Å². The van der Waals surface area contributed by atoms with Gasteiger partial charge in [0.1, 0.15) is 17.5 Å². The number of nitrogens with one attached hydrogen (secondary N) is 1. The van der Waals surface area contributed by atoms with Gasteiger partial charge in [0.2, 0.25) is 0 Å². The summed E-state index contributed by atoms with van der Waals surface area (Å²) >= 11 is 0. The highest BCUT2D eigenvalue weighted by molar-refractivity contribution is 6.09. The van der Waals surface area contributed by atoms with Crippen LogP contribution in [0.25, 0.3) is 11.6 Å². The molecule has 0 fully saturated rings. The fourth-order valence-electron chi connectivity index (χ4n) is 3.82. The molecule has 0 unspecified atom stereocenters. The number of likely N-dealkylation sites (N-methyl/N-ethyl adjacent to an activating group) is 1. The van der Waals surface area contributed by atoms with Gasteiger partial charge in [0.25, 0.3) is 5.91 Å². The zero-order chi connectivity index (χ0) is 21.2. The van der Waals surface area contributed by atoms with Crippen LogP contribution in [0.5, 0.6) is 0 Å². The van der Waals surface area contributed by atoms with E-state index in [2.05, 4.69) is 44.0 Å². The highest BCUT2D eigenvalue weighted by Gasteiger charge is 2.30. The molecule has 0 aromatic heterocycles. The lowest BCUT2D eigenvalue weighted by Crippen LogP contribution is -2.44. The molecule has 0 radical (unpaired) electrons. The topological polar surface area (TPSA) is 56.1 Å². The monoisotopic (exact) mass is 389 g/mol. The third kappa shape index (κ3) is 4.22. The van der Waals surface area contributed by atoms with E-state index in [-0.39, 0.29) is 16.9 Å². The predicted octanol–water partition coefficient (Wildman–Crippen LogP) is 5.39. The van der Waals surface area contributed by atoms with Gasteiger partial charge in [-0.05, 0) is 81.3 Å². The summed E-state index contributed by atoms with van der Waals surface area (Å²) in [7, 11) is 0. The first-order valence-electron chi connectivity index (χ1n) is 9.55. The molecule has 0 saturated carbocycles. The second-order valence-corrected chi connectivity index (χ2v) is 7.63. The largest absolute Gasteiger partial charge is 0.363 e. The van der Waals surface area contributed by atoms with Gasteiger partial charge in [0.05, 0.1) is 5.54 Å². The molecule has 0 bridgehead atoms. The molecule has 2 aromatic carbocycles. The molecule has 29 heavy (non-hydrogen) atoms. The number of nitrogens with zero attached hydrogens (tertiary/aromatic N) is 2. The van der Waals surface area contributed by atoms with E-state index >= 15 is 0 Å². The van der Waals surface area contributed by atoms with Crippen LogP contribution in [0.2, 0.25) is 0 Å². The molecule has 1 amide bonds. The van der Waals surface area contributed by atoms with Gasteiger partial charge < -0.3 is 10.2 Å². The quantitative estimate of drug-likeness (QED) is 0.563. The number of amides is 1. The van der Waals surface area contributed by atoms with Crippen LogP contribution >= 0.6 is 0 Å². The Morgan fingerprint density at radius 3 is 2.55 bits per heavy atom. The molecule has 1 aliphatic heterocycles. The van der Waals surface area contributed by atoms with Gasteiger partial charge in [-0.3, -0.25) is 4.79 Å². The summed E-state index contributed by atoms with van der Waals surface area (Å²) in [4.78, 5) is 14.8. The number of rotatable bonds is 4. The minimum absolute atomic E-state index is 0.0144. The van der Waals surface area contributed by atoms with Crippen LogP contribution in [0.1, 0.15) is 38.8 Å². The fourth-order valence-corrected chi connectivity index (χ4v) is 3.82. The van der Waals surface area contributed by atoms with Crippen LogP contribution in [-0.4, -0.2) is 18.0 Å². The lowest BCUT2D eigenvalue weighted by atomic mass is 9.88. The van der Waals surface area contributed by atoms with E-state index in [1.165, 1.54) is 29.8 Å². The molecule has 1 aliphatic rings. The smallest absolute Gasteiger partial charge is 0.266 e. The van der Waals surface area contributed by atoms with Crippen LogP contribution in [0.15, 0.2) is 54.1 Å². The number of hydrogen-bond acceptors (Lipinski definition) is 3. The molecule has 148 valence electrons. The molecule has 4 nitrogen and oxygen atoms in total. The SMILES string of the molecule is CCN1c2ccc(/C=C(\C#N)C(=O)Nc3ccc(F)cc3)cc2C(C)=CC1(C)C.